The molecule has 2 amide bonds. The lowest BCUT2D eigenvalue weighted by Crippen LogP contribution is -2.61. The van der Waals surface area contributed by atoms with Gasteiger partial charge in [0.25, 0.3) is 5.91 Å². The van der Waals surface area contributed by atoms with Gasteiger partial charge in [-0.1, -0.05) is 25.5 Å². The van der Waals surface area contributed by atoms with E-state index in [1.54, 1.807) is 0 Å². The highest BCUT2D eigenvalue weighted by molar-refractivity contribution is 8.45. The van der Waals surface area contributed by atoms with Gasteiger partial charge in [0, 0.05) is 55.5 Å². The number of nitrogens with zero attached hydrogens (tertiary/aromatic N) is 2. The first-order valence-corrected chi connectivity index (χ1v) is 14.8. The van der Waals surface area contributed by atoms with E-state index >= 15 is 0 Å². The van der Waals surface area contributed by atoms with Crippen LogP contribution in [0.1, 0.15) is 51.5 Å². The van der Waals surface area contributed by atoms with E-state index in [1.807, 2.05) is 0 Å². The number of aliphatic hydroxyl groups is 1. The Labute approximate surface area is 232 Å². The number of carbonyl (C=O) groups excluding carboxylic acids is 2. The van der Waals surface area contributed by atoms with Crippen molar-refractivity contribution in [3.05, 3.63) is 54.4 Å². The van der Waals surface area contributed by atoms with E-state index < -0.39 is 68.9 Å². The SMILES string of the molecule is CC1(O)CNC(C(=O)N(c2ccc(S(F)(F)(F)(F)F)cc2)C(C)(C(=O)NC2CCC(F)(F)CC2)c2cccnc2)C1. The van der Waals surface area contributed by atoms with Gasteiger partial charge in [-0.3, -0.25) is 19.5 Å². The Morgan fingerprint density at radius 1 is 1.10 bits per heavy atom. The molecule has 1 aromatic carbocycles. The maximum Gasteiger partial charge on any atom is 0.310 e. The molecule has 3 atom stereocenters. The molecule has 2 aromatic rings. The van der Waals surface area contributed by atoms with Gasteiger partial charge >= 0.3 is 10.2 Å². The molecule has 0 radical (unpaired) electrons. The van der Waals surface area contributed by atoms with Crippen LogP contribution in [-0.2, 0) is 15.1 Å². The van der Waals surface area contributed by atoms with Gasteiger partial charge in [0.1, 0.15) is 4.90 Å². The molecule has 2 fully saturated rings. The lowest BCUT2D eigenvalue weighted by atomic mass is 9.86. The Hall–Kier alpha value is -2.91. The van der Waals surface area contributed by atoms with Crippen LogP contribution in [-0.4, -0.2) is 52.1 Å². The number of rotatable bonds is 7. The summed E-state index contributed by atoms with van der Waals surface area (Å²) in [5.41, 5.74) is -3.55. The van der Waals surface area contributed by atoms with Crippen LogP contribution < -0.4 is 15.5 Å². The molecule has 0 bridgehead atoms. The summed E-state index contributed by atoms with van der Waals surface area (Å²) in [6.45, 7) is 2.76. The fourth-order valence-electron chi connectivity index (χ4n) is 5.24. The number of alkyl halides is 2. The number of anilines is 1. The van der Waals surface area contributed by atoms with Crippen LogP contribution in [0, 0.1) is 0 Å². The average Bonchev–Trinajstić information content (AvgIpc) is 3.24. The van der Waals surface area contributed by atoms with Crippen molar-refractivity contribution in [3.63, 3.8) is 0 Å². The third-order valence-electron chi connectivity index (χ3n) is 7.60. The Morgan fingerprint density at radius 2 is 1.71 bits per heavy atom. The summed E-state index contributed by atoms with van der Waals surface area (Å²) in [6, 6.07) is 2.74. The number of halogens is 7. The van der Waals surface area contributed by atoms with Crippen molar-refractivity contribution in [1.29, 1.82) is 0 Å². The van der Waals surface area contributed by atoms with Crippen molar-refractivity contribution < 1.29 is 42.9 Å². The second kappa shape index (κ2) is 9.56. The highest BCUT2D eigenvalue weighted by Crippen LogP contribution is 3.02. The number of hydrogen-bond donors (Lipinski definition) is 3. The summed E-state index contributed by atoms with van der Waals surface area (Å²) in [5.74, 6) is -4.55. The third kappa shape index (κ3) is 6.78. The van der Waals surface area contributed by atoms with Crippen LogP contribution in [0.5, 0.6) is 0 Å². The minimum Gasteiger partial charge on any atom is -0.389 e. The number of β-amino-alcohol motifs (C(OH)–C–C–N with tert-alkyl or cyclic N) is 1. The summed E-state index contributed by atoms with van der Waals surface area (Å²) < 4.78 is 94.8. The second-order valence-corrected chi connectivity index (χ2v) is 13.6. The summed E-state index contributed by atoms with van der Waals surface area (Å²) in [6.07, 6.45) is 1.48. The number of benzene rings is 1. The quantitative estimate of drug-likeness (QED) is 0.344. The molecule has 3 unspecified atom stereocenters. The first kappa shape index (κ1) is 31.0. The fourth-order valence-corrected chi connectivity index (χ4v) is 5.89. The predicted octanol–water partition coefficient (Wildman–Crippen LogP) is 5.79. The monoisotopic (exact) mass is 612 g/mol. The molecule has 15 heteroatoms. The van der Waals surface area contributed by atoms with Crippen LogP contribution in [0.25, 0.3) is 0 Å². The lowest BCUT2D eigenvalue weighted by molar-refractivity contribution is -0.132. The van der Waals surface area contributed by atoms with Gasteiger partial charge in [-0.25, -0.2) is 8.78 Å². The Balaban J connectivity index is 1.82. The summed E-state index contributed by atoms with van der Waals surface area (Å²) in [5, 5.41) is 16.0. The van der Waals surface area contributed by atoms with Crippen molar-refractivity contribution in [3.8, 4) is 0 Å². The van der Waals surface area contributed by atoms with Crippen LogP contribution in [0.2, 0.25) is 0 Å². The minimum absolute atomic E-state index is 0.00745. The lowest BCUT2D eigenvalue weighted by Gasteiger charge is -2.43. The molecule has 1 aliphatic carbocycles. The Bertz CT molecular complexity index is 1300. The second-order valence-electron chi connectivity index (χ2n) is 11.2. The predicted molar refractivity (Wildman–Crippen MR) is 139 cm³/mol. The molecule has 2 aliphatic rings. The van der Waals surface area contributed by atoms with Gasteiger partial charge in [0.05, 0.1) is 11.6 Å². The van der Waals surface area contributed by atoms with Crippen molar-refractivity contribution in [2.24, 2.45) is 0 Å². The van der Waals surface area contributed by atoms with E-state index in [4.69, 9.17) is 0 Å². The van der Waals surface area contributed by atoms with Crippen molar-refractivity contribution in [1.82, 2.24) is 15.6 Å². The van der Waals surface area contributed by atoms with Crippen LogP contribution in [0.4, 0.5) is 33.9 Å². The van der Waals surface area contributed by atoms with Gasteiger partial charge in [-0.15, -0.1) is 0 Å². The van der Waals surface area contributed by atoms with E-state index in [2.05, 4.69) is 15.6 Å². The molecule has 0 spiro atoms. The normalized spacial score (nSPS) is 26.3. The van der Waals surface area contributed by atoms with E-state index in [-0.39, 0.29) is 49.2 Å². The summed E-state index contributed by atoms with van der Waals surface area (Å²) in [4.78, 5) is 30.7. The number of nitrogens with one attached hydrogen (secondary N) is 2. The Kier molecular flexibility index (Phi) is 7.24. The molecule has 1 aliphatic heterocycles. The zero-order valence-electron chi connectivity index (χ0n) is 22.2. The third-order valence-corrected chi connectivity index (χ3v) is 8.76. The fraction of sp³-hybridized carbons (Fsp3) is 0.500. The number of pyridine rings is 1. The molecule has 1 saturated carbocycles. The molecule has 2 heterocycles. The maximum absolute atomic E-state index is 14.0. The van der Waals surface area contributed by atoms with Crippen LogP contribution in [0.3, 0.4) is 0 Å². The molecule has 3 N–H and O–H groups in total. The zero-order chi connectivity index (χ0) is 30.5. The number of aromatic nitrogens is 1. The highest BCUT2D eigenvalue weighted by Gasteiger charge is 2.65. The largest absolute Gasteiger partial charge is 0.389 e. The first-order chi connectivity index (χ1) is 18.6. The molecule has 7 nitrogen and oxygen atoms in total. The molecule has 4 rings (SSSR count). The van der Waals surface area contributed by atoms with E-state index in [0.717, 1.165) is 4.90 Å². The summed E-state index contributed by atoms with van der Waals surface area (Å²) in [7, 11) is -10.1. The number of carbonyl (C=O) groups is 2. The molecule has 1 saturated heterocycles. The smallest absolute Gasteiger partial charge is 0.310 e. The molecule has 41 heavy (non-hydrogen) atoms. The van der Waals surface area contributed by atoms with E-state index in [1.165, 1.54) is 38.4 Å². The standard InChI is InChI=1S/C26H31F7N4O3S/c1-24(40)14-21(35-16-24)22(38)37(19-5-7-20(8-6-19)41(29,30,31,32)33)25(2,17-4-3-13-34-15-17)23(39)36-18-9-11-26(27,28)12-10-18/h3-8,13,15,18,21,35,40H,9-12,14,16H2,1-2H3,(H,36,39). The van der Waals surface area contributed by atoms with Crippen molar-refractivity contribution >= 4 is 27.7 Å². The highest BCUT2D eigenvalue weighted by atomic mass is 32.5. The average molecular weight is 613 g/mol. The van der Waals surface area contributed by atoms with E-state index in [0.29, 0.717) is 12.1 Å². The van der Waals surface area contributed by atoms with Gasteiger partial charge in [-0.05, 0) is 57.0 Å². The summed E-state index contributed by atoms with van der Waals surface area (Å²) >= 11 is 0. The minimum atomic E-state index is -10.1. The van der Waals surface area contributed by atoms with Gasteiger partial charge in [0.2, 0.25) is 11.8 Å². The number of hydrogen-bond acceptors (Lipinski definition) is 5. The van der Waals surface area contributed by atoms with Crippen molar-refractivity contribution in [2.45, 2.75) is 80.0 Å². The maximum atomic E-state index is 14.0. The van der Waals surface area contributed by atoms with Crippen LogP contribution >= 0.6 is 10.2 Å². The van der Waals surface area contributed by atoms with Gasteiger partial charge in [-0.2, -0.15) is 0 Å². The van der Waals surface area contributed by atoms with Crippen molar-refractivity contribution in [2.75, 3.05) is 11.4 Å². The Morgan fingerprint density at radius 3 is 2.20 bits per heavy atom. The van der Waals surface area contributed by atoms with Crippen LogP contribution in [0.15, 0.2) is 53.7 Å². The van der Waals surface area contributed by atoms with Gasteiger partial charge in [0.15, 0.2) is 5.54 Å². The molecular formula is C26H31F7N4O3S. The number of amides is 2. The molecular weight excluding hydrogens is 581 g/mol. The van der Waals surface area contributed by atoms with Gasteiger partial charge < -0.3 is 15.7 Å². The molecule has 1 aromatic heterocycles. The topological polar surface area (TPSA) is 94.6 Å². The first-order valence-electron chi connectivity index (χ1n) is 12.8. The van der Waals surface area contributed by atoms with E-state index in [9.17, 15) is 42.9 Å². The zero-order valence-corrected chi connectivity index (χ0v) is 23.0. The molecule has 228 valence electrons.